The molecule has 0 spiro atoms. The molecule has 20 heavy (non-hydrogen) atoms. The first-order valence-electron chi connectivity index (χ1n) is 6.77. The van der Waals surface area contributed by atoms with Crippen molar-refractivity contribution < 1.29 is 5.11 Å². The van der Waals surface area contributed by atoms with Crippen LogP contribution in [-0.4, -0.2) is 41.3 Å². The second kappa shape index (κ2) is 5.76. The second-order valence-electron chi connectivity index (χ2n) is 4.91. The Labute approximate surface area is 122 Å². The second-order valence-corrected chi connectivity index (χ2v) is 5.79. The third-order valence-electron chi connectivity index (χ3n) is 3.55. The molecule has 1 aliphatic heterocycles. The minimum Gasteiger partial charge on any atom is -0.389 e. The minimum absolute atomic E-state index is 0.460. The summed E-state index contributed by atoms with van der Waals surface area (Å²) in [6.07, 6.45) is 3.15. The lowest BCUT2D eigenvalue weighted by atomic mass is 10.2. The van der Waals surface area contributed by atoms with Gasteiger partial charge in [0.1, 0.15) is 5.82 Å². The summed E-state index contributed by atoms with van der Waals surface area (Å²) in [6, 6.07) is 3.93. The smallest absolute Gasteiger partial charge is 0.185 e. The van der Waals surface area contributed by atoms with Crippen LogP contribution in [0.15, 0.2) is 29.9 Å². The molecule has 3 heterocycles. The maximum absolute atomic E-state index is 9.50. The number of piperazine rings is 1. The molecule has 106 valence electrons. The summed E-state index contributed by atoms with van der Waals surface area (Å²) < 4.78 is 0. The minimum atomic E-state index is -0.460. The molecule has 0 radical (unpaired) electrons. The Morgan fingerprint density at radius 2 is 1.90 bits per heavy atom. The van der Waals surface area contributed by atoms with Crippen LogP contribution in [0.3, 0.4) is 0 Å². The van der Waals surface area contributed by atoms with Gasteiger partial charge in [-0.25, -0.2) is 9.97 Å². The van der Waals surface area contributed by atoms with Gasteiger partial charge in [0.25, 0.3) is 0 Å². The number of nitrogens with zero attached hydrogens (tertiary/aromatic N) is 4. The number of aliphatic hydroxyl groups excluding tert-OH is 1. The first-order chi connectivity index (χ1) is 9.74. The topological polar surface area (TPSA) is 52.5 Å². The van der Waals surface area contributed by atoms with Crippen LogP contribution in [0, 0.1) is 0 Å². The lowest BCUT2D eigenvalue weighted by Crippen LogP contribution is -2.46. The highest BCUT2D eigenvalue weighted by Gasteiger charge is 2.19. The number of aromatic nitrogens is 2. The predicted molar refractivity (Wildman–Crippen MR) is 81.4 cm³/mol. The Balaban J connectivity index is 1.63. The highest BCUT2D eigenvalue weighted by molar-refractivity contribution is 7.13. The predicted octanol–water partition coefficient (Wildman–Crippen LogP) is 1.92. The third kappa shape index (κ3) is 2.76. The first-order valence-corrected chi connectivity index (χ1v) is 7.65. The van der Waals surface area contributed by atoms with E-state index in [1.54, 1.807) is 24.5 Å². The van der Waals surface area contributed by atoms with Crippen molar-refractivity contribution in [3.8, 4) is 0 Å². The molecule has 0 aliphatic carbocycles. The summed E-state index contributed by atoms with van der Waals surface area (Å²) in [5.41, 5.74) is 0.857. The monoisotopic (exact) mass is 290 g/mol. The Bertz CT molecular complexity index is 533. The lowest BCUT2D eigenvalue weighted by molar-refractivity contribution is 0.199. The van der Waals surface area contributed by atoms with Crippen LogP contribution >= 0.6 is 11.3 Å². The van der Waals surface area contributed by atoms with Crippen molar-refractivity contribution in [2.45, 2.75) is 13.0 Å². The van der Waals surface area contributed by atoms with E-state index < -0.39 is 6.10 Å². The van der Waals surface area contributed by atoms with Crippen LogP contribution < -0.4 is 9.80 Å². The average molecular weight is 290 g/mol. The number of hydrogen-bond acceptors (Lipinski definition) is 6. The number of hydrogen-bond donors (Lipinski definition) is 1. The molecule has 0 saturated carbocycles. The summed E-state index contributed by atoms with van der Waals surface area (Å²) in [7, 11) is 0. The van der Waals surface area contributed by atoms with Gasteiger partial charge in [0.2, 0.25) is 0 Å². The maximum atomic E-state index is 9.50. The van der Waals surface area contributed by atoms with Gasteiger partial charge in [-0.3, -0.25) is 0 Å². The van der Waals surface area contributed by atoms with Crippen molar-refractivity contribution in [2.75, 3.05) is 36.0 Å². The van der Waals surface area contributed by atoms with Crippen LogP contribution in [-0.2, 0) is 0 Å². The van der Waals surface area contributed by atoms with E-state index in [4.69, 9.17) is 0 Å². The van der Waals surface area contributed by atoms with E-state index in [9.17, 15) is 5.11 Å². The average Bonchev–Trinajstić information content (AvgIpc) is 3.02. The Morgan fingerprint density at radius 1 is 1.15 bits per heavy atom. The first kappa shape index (κ1) is 13.3. The molecular formula is C14H18N4OS. The SMILES string of the molecule is CC(O)c1ccc(N2CCN(c3nccs3)CC2)nc1. The molecule has 1 N–H and O–H groups in total. The standard InChI is InChI=1S/C14H18N4OS/c1-11(19)12-2-3-13(16-10-12)17-5-7-18(8-6-17)14-15-4-9-20-14/h2-4,9-11,19H,5-8H2,1H3. The Kier molecular flexibility index (Phi) is 3.84. The molecule has 2 aromatic rings. The third-order valence-corrected chi connectivity index (χ3v) is 4.38. The summed E-state index contributed by atoms with van der Waals surface area (Å²) in [5, 5.41) is 12.6. The van der Waals surface area contributed by atoms with Gasteiger partial charge in [-0.05, 0) is 18.6 Å². The van der Waals surface area contributed by atoms with Gasteiger partial charge in [0.15, 0.2) is 5.13 Å². The van der Waals surface area contributed by atoms with E-state index >= 15 is 0 Å². The summed E-state index contributed by atoms with van der Waals surface area (Å²) in [6.45, 7) is 5.57. The Morgan fingerprint density at radius 3 is 2.45 bits per heavy atom. The molecular weight excluding hydrogens is 272 g/mol. The number of rotatable bonds is 3. The fraction of sp³-hybridized carbons (Fsp3) is 0.429. The van der Waals surface area contributed by atoms with Gasteiger partial charge >= 0.3 is 0 Å². The molecule has 1 unspecified atom stereocenters. The molecule has 5 nitrogen and oxygen atoms in total. The van der Waals surface area contributed by atoms with Crippen molar-refractivity contribution in [3.05, 3.63) is 35.5 Å². The molecule has 0 bridgehead atoms. The van der Waals surface area contributed by atoms with Gasteiger partial charge < -0.3 is 14.9 Å². The molecule has 6 heteroatoms. The van der Waals surface area contributed by atoms with Gasteiger partial charge in [-0.1, -0.05) is 6.07 Å². The van der Waals surface area contributed by atoms with Crippen molar-refractivity contribution in [1.82, 2.24) is 9.97 Å². The van der Waals surface area contributed by atoms with Crippen molar-refractivity contribution in [2.24, 2.45) is 0 Å². The number of anilines is 2. The van der Waals surface area contributed by atoms with E-state index in [-0.39, 0.29) is 0 Å². The largest absolute Gasteiger partial charge is 0.389 e. The zero-order valence-corrected chi connectivity index (χ0v) is 12.3. The van der Waals surface area contributed by atoms with Crippen LogP contribution in [0.2, 0.25) is 0 Å². The van der Waals surface area contributed by atoms with Crippen LogP contribution in [0.25, 0.3) is 0 Å². The van der Waals surface area contributed by atoms with Crippen LogP contribution in [0.4, 0.5) is 10.9 Å². The van der Waals surface area contributed by atoms with Crippen molar-refractivity contribution in [3.63, 3.8) is 0 Å². The van der Waals surface area contributed by atoms with E-state index in [1.807, 2.05) is 23.7 Å². The molecule has 2 aromatic heterocycles. The molecule has 0 aromatic carbocycles. The molecule has 1 fully saturated rings. The van der Waals surface area contributed by atoms with Crippen LogP contribution in [0.5, 0.6) is 0 Å². The molecule has 1 aliphatic rings. The highest BCUT2D eigenvalue weighted by Crippen LogP contribution is 2.21. The summed E-state index contributed by atoms with van der Waals surface area (Å²) >= 11 is 1.68. The number of aliphatic hydroxyl groups is 1. The van der Waals surface area contributed by atoms with Gasteiger partial charge in [0, 0.05) is 44.0 Å². The summed E-state index contributed by atoms with van der Waals surface area (Å²) in [4.78, 5) is 13.4. The number of thiazole rings is 1. The number of pyridine rings is 1. The fourth-order valence-electron chi connectivity index (χ4n) is 2.33. The Hall–Kier alpha value is -1.66. The van der Waals surface area contributed by atoms with E-state index in [1.165, 1.54) is 0 Å². The van der Waals surface area contributed by atoms with Crippen molar-refractivity contribution >= 4 is 22.3 Å². The maximum Gasteiger partial charge on any atom is 0.185 e. The zero-order chi connectivity index (χ0) is 13.9. The van der Waals surface area contributed by atoms with E-state index in [2.05, 4.69) is 19.8 Å². The molecule has 0 amide bonds. The van der Waals surface area contributed by atoms with Gasteiger partial charge in [-0.15, -0.1) is 11.3 Å². The lowest BCUT2D eigenvalue weighted by Gasteiger charge is -2.35. The van der Waals surface area contributed by atoms with Gasteiger partial charge in [0.05, 0.1) is 6.10 Å². The zero-order valence-electron chi connectivity index (χ0n) is 11.4. The normalized spacial score (nSPS) is 17.3. The quantitative estimate of drug-likeness (QED) is 0.936. The summed E-state index contributed by atoms with van der Waals surface area (Å²) in [5.74, 6) is 0.980. The molecule has 1 atom stereocenters. The molecule has 1 saturated heterocycles. The van der Waals surface area contributed by atoms with Crippen molar-refractivity contribution in [1.29, 1.82) is 0 Å². The fourth-order valence-corrected chi connectivity index (χ4v) is 3.03. The van der Waals surface area contributed by atoms with Crippen LogP contribution in [0.1, 0.15) is 18.6 Å². The molecule has 3 rings (SSSR count). The van der Waals surface area contributed by atoms with E-state index in [0.717, 1.165) is 42.7 Å². The van der Waals surface area contributed by atoms with Gasteiger partial charge in [-0.2, -0.15) is 0 Å². The van der Waals surface area contributed by atoms with E-state index in [0.29, 0.717) is 0 Å². The highest BCUT2D eigenvalue weighted by atomic mass is 32.1.